The Bertz CT molecular complexity index is 1470. The summed E-state index contributed by atoms with van der Waals surface area (Å²) in [5, 5.41) is 12.6. The van der Waals surface area contributed by atoms with E-state index in [9.17, 15) is 26.7 Å². The molecule has 4 rings (SSSR count). The zero-order chi connectivity index (χ0) is 28.0. The van der Waals surface area contributed by atoms with Gasteiger partial charge in [-0.3, -0.25) is 0 Å². The maximum atomic E-state index is 15.2. The van der Waals surface area contributed by atoms with Gasteiger partial charge in [-0.05, 0) is 32.0 Å². The van der Waals surface area contributed by atoms with Gasteiger partial charge in [0, 0.05) is 30.6 Å². The van der Waals surface area contributed by atoms with E-state index in [1.54, 1.807) is 6.92 Å². The van der Waals surface area contributed by atoms with Gasteiger partial charge in [-0.25, -0.2) is 27.2 Å². The first-order valence-corrected chi connectivity index (χ1v) is 13.6. The lowest BCUT2D eigenvalue weighted by atomic mass is 9.96. The number of anilines is 1. The van der Waals surface area contributed by atoms with Gasteiger partial charge in [0.05, 0.1) is 30.3 Å². The lowest BCUT2D eigenvalue weighted by Crippen LogP contribution is -2.39. The summed E-state index contributed by atoms with van der Waals surface area (Å²) in [6.07, 6.45) is 1.25. The Morgan fingerprint density at radius 1 is 1.24 bits per heavy atom. The van der Waals surface area contributed by atoms with Crippen molar-refractivity contribution in [1.82, 2.24) is 9.97 Å². The molecule has 3 atom stereocenters. The molecule has 0 amide bonds. The predicted octanol–water partition coefficient (Wildman–Crippen LogP) is 4.59. The van der Waals surface area contributed by atoms with Gasteiger partial charge in [-0.2, -0.15) is 8.78 Å². The van der Waals surface area contributed by atoms with Gasteiger partial charge in [0.1, 0.15) is 34.2 Å². The highest BCUT2D eigenvalue weighted by Gasteiger charge is 2.53. The molecule has 0 saturated carbocycles. The van der Waals surface area contributed by atoms with Gasteiger partial charge in [-0.15, -0.1) is 0 Å². The van der Waals surface area contributed by atoms with E-state index in [-0.39, 0.29) is 46.4 Å². The molecule has 1 unspecified atom stereocenters. The van der Waals surface area contributed by atoms with Crippen LogP contribution in [-0.2, 0) is 20.5 Å². The molecule has 206 valence electrons. The topological polar surface area (TPSA) is 111 Å². The van der Waals surface area contributed by atoms with Crippen LogP contribution < -0.4 is 10.1 Å². The Hall–Kier alpha value is -3.03. The minimum atomic E-state index is -4.51. The molecule has 1 aromatic heterocycles. The van der Waals surface area contributed by atoms with E-state index in [1.807, 2.05) is 0 Å². The highest BCUT2D eigenvalue weighted by atomic mass is 32.2. The van der Waals surface area contributed by atoms with Gasteiger partial charge in [0.25, 0.3) is 5.85 Å². The van der Waals surface area contributed by atoms with Crippen molar-refractivity contribution >= 4 is 26.6 Å². The number of fused-ring (bicyclic) bond motifs is 1. The van der Waals surface area contributed by atoms with Crippen LogP contribution in [0.25, 0.3) is 10.9 Å². The summed E-state index contributed by atoms with van der Waals surface area (Å²) in [5.41, 5.74) is -1.27. The maximum Gasteiger partial charge on any atom is 0.333 e. The van der Waals surface area contributed by atoms with Gasteiger partial charge < -0.3 is 19.9 Å². The number of aromatic nitrogens is 2. The van der Waals surface area contributed by atoms with E-state index in [1.165, 1.54) is 25.1 Å². The quantitative estimate of drug-likeness (QED) is 0.387. The van der Waals surface area contributed by atoms with Crippen molar-refractivity contribution in [2.24, 2.45) is 0 Å². The number of hydrogen-bond acceptors (Lipinski definition) is 8. The fraction of sp³-hybridized carbons (Fsp3) is 0.440. The van der Waals surface area contributed by atoms with Crippen molar-refractivity contribution in [1.29, 1.82) is 0 Å². The zero-order valence-electron chi connectivity index (χ0n) is 21.1. The highest BCUT2D eigenvalue weighted by molar-refractivity contribution is 7.90. The molecule has 1 aliphatic heterocycles. The molecular weight excluding hydrogens is 530 g/mol. The van der Waals surface area contributed by atoms with Crippen LogP contribution in [0.5, 0.6) is 5.75 Å². The van der Waals surface area contributed by atoms with E-state index >= 15 is 4.39 Å². The number of benzene rings is 2. The van der Waals surface area contributed by atoms with Crippen LogP contribution in [0.15, 0.2) is 35.2 Å². The molecule has 38 heavy (non-hydrogen) atoms. The molecule has 1 saturated heterocycles. The second-order valence-electron chi connectivity index (χ2n) is 9.41. The van der Waals surface area contributed by atoms with Gasteiger partial charge in [0.15, 0.2) is 9.84 Å². The monoisotopic (exact) mass is 557 g/mol. The number of ether oxygens (including phenoxy) is 2. The van der Waals surface area contributed by atoms with Gasteiger partial charge in [0.2, 0.25) is 0 Å². The van der Waals surface area contributed by atoms with Crippen molar-refractivity contribution in [3.63, 3.8) is 0 Å². The molecule has 13 heteroatoms. The van der Waals surface area contributed by atoms with Crippen LogP contribution in [0.1, 0.15) is 43.3 Å². The summed E-state index contributed by atoms with van der Waals surface area (Å²) in [6.45, 7) is 4.06. The van der Waals surface area contributed by atoms with E-state index in [2.05, 4.69) is 15.3 Å². The molecule has 0 spiro atoms. The standard InChI is InChI=1S/C25H27F4N3O5S/c1-13(16-6-5-7-18(22(16)26)25(28,29)24(3,27)33)30-23-17-10-20(37-15-8-9-36-12-15)21(38(4,34)35)11-19(17)31-14(2)32-23/h5-7,10-11,13,15,33H,8-9,12H2,1-4H3,(H,30,31,32)/t13-,15+,24?/m1/s1. The molecular formula is C25H27F4N3O5S. The second kappa shape index (κ2) is 9.93. The molecule has 2 heterocycles. The maximum absolute atomic E-state index is 15.2. The fourth-order valence-corrected chi connectivity index (χ4v) is 4.98. The molecule has 3 aromatic rings. The average Bonchev–Trinajstić information content (AvgIpc) is 3.30. The van der Waals surface area contributed by atoms with Crippen LogP contribution in [0.2, 0.25) is 0 Å². The third-order valence-electron chi connectivity index (χ3n) is 6.21. The van der Waals surface area contributed by atoms with E-state index in [0.29, 0.717) is 31.1 Å². The largest absolute Gasteiger partial charge is 0.487 e. The number of nitrogens with one attached hydrogen (secondary N) is 1. The summed E-state index contributed by atoms with van der Waals surface area (Å²) >= 11 is 0. The number of rotatable bonds is 8. The molecule has 2 aromatic carbocycles. The first-order chi connectivity index (χ1) is 17.6. The van der Waals surface area contributed by atoms with Crippen LogP contribution in [0.3, 0.4) is 0 Å². The van der Waals surface area contributed by atoms with E-state index in [0.717, 1.165) is 12.3 Å². The average molecular weight is 558 g/mol. The van der Waals surface area contributed by atoms with Crippen LogP contribution in [0.4, 0.5) is 23.4 Å². The van der Waals surface area contributed by atoms with Crippen molar-refractivity contribution < 1.29 is 40.6 Å². The molecule has 1 aliphatic rings. The van der Waals surface area contributed by atoms with Crippen molar-refractivity contribution in [2.45, 2.75) is 56.0 Å². The Labute approximate surface area is 216 Å². The third-order valence-corrected chi connectivity index (χ3v) is 7.33. The van der Waals surface area contributed by atoms with Crippen molar-refractivity contribution in [3.8, 4) is 5.75 Å². The molecule has 0 bridgehead atoms. The molecule has 2 N–H and O–H groups in total. The van der Waals surface area contributed by atoms with Crippen LogP contribution in [-0.4, -0.2) is 54.9 Å². The second-order valence-corrected chi connectivity index (χ2v) is 11.4. The van der Waals surface area contributed by atoms with Crippen molar-refractivity contribution in [3.05, 3.63) is 53.1 Å². The lowest BCUT2D eigenvalue weighted by molar-refractivity contribution is -0.249. The van der Waals surface area contributed by atoms with Crippen LogP contribution >= 0.6 is 0 Å². The molecule has 8 nitrogen and oxygen atoms in total. The Morgan fingerprint density at radius 2 is 1.95 bits per heavy atom. The zero-order valence-corrected chi connectivity index (χ0v) is 21.9. The van der Waals surface area contributed by atoms with Gasteiger partial charge in [-0.1, -0.05) is 12.1 Å². The number of halogens is 4. The first kappa shape index (κ1) is 28.0. The molecule has 0 radical (unpaired) electrons. The predicted molar refractivity (Wildman–Crippen MR) is 131 cm³/mol. The molecule has 0 aliphatic carbocycles. The highest BCUT2D eigenvalue weighted by Crippen LogP contribution is 2.42. The fourth-order valence-electron chi connectivity index (χ4n) is 4.19. The first-order valence-electron chi connectivity index (χ1n) is 11.7. The number of sulfone groups is 1. The lowest BCUT2D eigenvalue weighted by Gasteiger charge is -2.27. The third kappa shape index (κ3) is 5.40. The summed E-state index contributed by atoms with van der Waals surface area (Å²) in [5.74, 6) is -9.39. The summed E-state index contributed by atoms with van der Waals surface area (Å²) in [6, 6.07) is 4.92. The van der Waals surface area contributed by atoms with E-state index < -0.39 is 39.0 Å². The normalized spacial score (nSPS) is 18.8. The minimum absolute atomic E-state index is 0.0663. The number of aryl methyl sites for hydroxylation is 1. The van der Waals surface area contributed by atoms with Crippen LogP contribution in [0, 0.1) is 12.7 Å². The Kier molecular flexibility index (Phi) is 7.32. The number of hydrogen-bond donors (Lipinski definition) is 2. The number of nitrogens with zero attached hydrogens (tertiary/aromatic N) is 2. The molecule has 1 fully saturated rings. The summed E-state index contributed by atoms with van der Waals surface area (Å²) < 4.78 is 94.1. The van der Waals surface area contributed by atoms with Crippen molar-refractivity contribution in [2.75, 3.05) is 24.8 Å². The Balaban J connectivity index is 1.78. The summed E-state index contributed by atoms with van der Waals surface area (Å²) in [7, 11) is -3.71. The summed E-state index contributed by atoms with van der Waals surface area (Å²) in [4.78, 5) is 8.59. The Morgan fingerprint density at radius 3 is 2.55 bits per heavy atom. The number of alkyl halides is 3. The minimum Gasteiger partial charge on any atom is -0.487 e. The number of aliphatic hydroxyl groups is 1. The smallest absolute Gasteiger partial charge is 0.333 e. The van der Waals surface area contributed by atoms with Gasteiger partial charge >= 0.3 is 5.92 Å². The van der Waals surface area contributed by atoms with E-state index in [4.69, 9.17) is 9.47 Å². The SMILES string of the molecule is Cc1nc(N[C@H](C)c2cccc(C(F)(F)C(C)(O)F)c2F)c2cc(O[C@H]3CCOC3)c(S(C)(=O)=O)cc2n1.